The summed E-state index contributed by atoms with van der Waals surface area (Å²) in [7, 11) is 1.74. The quantitative estimate of drug-likeness (QED) is 0.547. The highest BCUT2D eigenvalue weighted by Crippen LogP contribution is 2.20. The van der Waals surface area contributed by atoms with E-state index in [2.05, 4.69) is 10.1 Å². The lowest BCUT2D eigenvalue weighted by Gasteiger charge is -1.94. The molecular formula is C9H8N4O2. The highest BCUT2D eigenvalue weighted by Gasteiger charge is 2.09. The molecule has 0 bridgehead atoms. The lowest BCUT2D eigenvalue weighted by molar-refractivity contribution is -0.384. The summed E-state index contributed by atoms with van der Waals surface area (Å²) >= 11 is 0. The number of benzene rings is 1. The minimum atomic E-state index is -0.438. The number of nitrogens with zero attached hydrogens (tertiary/aromatic N) is 4. The van der Waals surface area contributed by atoms with Crippen molar-refractivity contribution in [2.45, 2.75) is 0 Å². The Morgan fingerprint density at radius 1 is 1.47 bits per heavy atom. The molecule has 0 aliphatic rings. The van der Waals surface area contributed by atoms with Gasteiger partial charge in [0.15, 0.2) is 5.82 Å². The van der Waals surface area contributed by atoms with Crippen LogP contribution in [0, 0.1) is 10.1 Å². The average molecular weight is 204 g/mol. The molecule has 15 heavy (non-hydrogen) atoms. The summed E-state index contributed by atoms with van der Waals surface area (Å²) < 4.78 is 1.55. The molecule has 2 aromatic rings. The molecule has 6 nitrogen and oxygen atoms in total. The number of non-ortho nitro benzene ring substituents is 1. The van der Waals surface area contributed by atoms with Gasteiger partial charge in [-0.25, -0.2) is 4.98 Å². The van der Waals surface area contributed by atoms with Crippen molar-refractivity contribution < 1.29 is 4.92 Å². The van der Waals surface area contributed by atoms with Gasteiger partial charge < -0.3 is 0 Å². The van der Waals surface area contributed by atoms with Gasteiger partial charge in [0, 0.05) is 24.7 Å². The van der Waals surface area contributed by atoms with Gasteiger partial charge in [-0.15, -0.1) is 0 Å². The maximum Gasteiger partial charge on any atom is 0.270 e. The highest BCUT2D eigenvalue weighted by molar-refractivity contribution is 5.58. The molecule has 1 heterocycles. The standard InChI is InChI=1S/C9H8N4O2/c1-12-6-10-9(11-12)7-3-2-4-8(5-7)13(14)15/h2-6H,1H3. The van der Waals surface area contributed by atoms with Crippen molar-refractivity contribution in [2.75, 3.05) is 0 Å². The van der Waals surface area contributed by atoms with Crippen LogP contribution in [0.1, 0.15) is 0 Å². The minimum absolute atomic E-state index is 0.0416. The van der Waals surface area contributed by atoms with Crippen molar-refractivity contribution >= 4 is 5.69 Å². The van der Waals surface area contributed by atoms with Gasteiger partial charge in [-0.1, -0.05) is 12.1 Å². The van der Waals surface area contributed by atoms with E-state index in [4.69, 9.17) is 0 Å². The molecule has 0 aliphatic carbocycles. The molecular weight excluding hydrogens is 196 g/mol. The van der Waals surface area contributed by atoms with E-state index in [-0.39, 0.29) is 5.69 Å². The first-order valence-corrected chi connectivity index (χ1v) is 4.27. The first-order valence-electron chi connectivity index (χ1n) is 4.27. The van der Waals surface area contributed by atoms with Crippen molar-refractivity contribution in [3.8, 4) is 11.4 Å². The molecule has 1 aromatic heterocycles. The summed E-state index contributed by atoms with van der Waals surface area (Å²) in [5, 5.41) is 14.6. The maximum atomic E-state index is 10.5. The van der Waals surface area contributed by atoms with Crippen LogP contribution < -0.4 is 0 Å². The smallest absolute Gasteiger partial charge is 0.258 e. The van der Waals surface area contributed by atoms with E-state index in [0.29, 0.717) is 11.4 Å². The van der Waals surface area contributed by atoms with E-state index in [0.717, 1.165) is 0 Å². The van der Waals surface area contributed by atoms with Crippen molar-refractivity contribution in [3.63, 3.8) is 0 Å². The van der Waals surface area contributed by atoms with Crippen molar-refractivity contribution in [1.82, 2.24) is 14.8 Å². The van der Waals surface area contributed by atoms with E-state index in [9.17, 15) is 10.1 Å². The Balaban J connectivity index is 2.45. The van der Waals surface area contributed by atoms with Crippen LogP contribution in [0.15, 0.2) is 30.6 Å². The van der Waals surface area contributed by atoms with Crippen LogP contribution >= 0.6 is 0 Å². The van der Waals surface area contributed by atoms with Crippen LogP contribution in [0.25, 0.3) is 11.4 Å². The van der Waals surface area contributed by atoms with Crippen LogP contribution in [0.2, 0.25) is 0 Å². The molecule has 1 aromatic carbocycles. The van der Waals surface area contributed by atoms with Gasteiger partial charge in [0.1, 0.15) is 6.33 Å². The fourth-order valence-corrected chi connectivity index (χ4v) is 1.23. The zero-order chi connectivity index (χ0) is 10.8. The average Bonchev–Trinajstić information content (AvgIpc) is 2.65. The molecule has 0 N–H and O–H groups in total. The molecule has 0 atom stereocenters. The summed E-state index contributed by atoms with van der Waals surface area (Å²) in [5.74, 6) is 0.487. The summed E-state index contributed by atoms with van der Waals surface area (Å²) in [6, 6.07) is 6.24. The number of nitro benzene ring substituents is 1. The second-order valence-corrected chi connectivity index (χ2v) is 3.05. The van der Waals surface area contributed by atoms with Crippen LogP contribution in [0.5, 0.6) is 0 Å². The molecule has 76 valence electrons. The summed E-state index contributed by atoms with van der Waals surface area (Å²) in [6.07, 6.45) is 1.55. The van der Waals surface area contributed by atoms with E-state index in [1.807, 2.05) is 0 Å². The monoisotopic (exact) mass is 204 g/mol. The first kappa shape index (κ1) is 9.32. The number of aryl methyl sites for hydroxylation is 1. The van der Waals surface area contributed by atoms with Gasteiger partial charge in [0.05, 0.1) is 4.92 Å². The predicted molar refractivity (Wildman–Crippen MR) is 53.1 cm³/mol. The molecule has 0 saturated heterocycles. The first-order chi connectivity index (χ1) is 7.16. The van der Waals surface area contributed by atoms with E-state index < -0.39 is 4.92 Å². The van der Waals surface area contributed by atoms with Crippen LogP contribution in [0.3, 0.4) is 0 Å². The highest BCUT2D eigenvalue weighted by atomic mass is 16.6. The topological polar surface area (TPSA) is 73.8 Å². The maximum absolute atomic E-state index is 10.5. The fraction of sp³-hybridized carbons (Fsp3) is 0.111. The fourth-order valence-electron chi connectivity index (χ4n) is 1.23. The van der Waals surface area contributed by atoms with Gasteiger partial charge in [0.25, 0.3) is 5.69 Å². The van der Waals surface area contributed by atoms with E-state index in [1.54, 1.807) is 30.2 Å². The third-order valence-electron chi connectivity index (χ3n) is 1.91. The Bertz CT molecular complexity index is 506. The molecule has 2 rings (SSSR count). The second kappa shape index (κ2) is 3.49. The Labute approximate surface area is 85.3 Å². The Hall–Kier alpha value is -2.24. The molecule has 0 spiro atoms. The van der Waals surface area contributed by atoms with Gasteiger partial charge in [-0.3, -0.25) is 14.8 Å². The Morgan fingerprint density at radius 3 is 2.87 bits per heavy atom. The lowest BCUT2D eigenvalue weighted by atomic mass is 10.2. The second-order valence-electron chi connectivity index (χ2n) is 3.05. The van der Waals surface area contributed by atoms with E-state index in [1.165, 1.54) is 12.1 Å². The van der Waals surface area contributed by atoms with Crippen molar-refractivity contribution in [3.05, 3.63) is 40.7 Å². The van der Waals surface area contributed by atoms with Crippen LogP contribution in [-0.2, 0) is 7.05 Å². The largest absolute Gasteiger partial charge is 0.270 e. The SMILES string of the molecule is Cn1cnc(-c2cccc([N+](=O)[O-])c2)n1. The zero-order valence-electron chi connectivity index (χ0n) is 7.99. The number of nitro groups is 1. The zero-order valence-corrected chi connectivity index (χ0v) is 7.99. The molecule has 0 radical (unpaired) electrons. The van der Waals surface area contributed by atoms with Crippen molar-refractivity contribution in [2.24, 2.45) is 7.05 Å². The van der Waals surface area contributed by atoms with E-state index >= 15 is 0 Å². The summed E-state index contributed by atoms with van der Waals surface area (Å²) in [4.78, 5) is 14.1. The van der Waals surface area contributed by atoms with Crippen LogP contribution in [0.4, 0.5) is 5.69 Å². The lowest BCUT2D eigenvalue weighted by Crippen LogP contribution is -1.90. The molecule has 0 unspecified atom stereocenters. The van der Waals surface area contributed by atoms with Gasteiger partial charge in [0.2, 0.25) is 0 Å². The minimum Gasteiger partial charge on any atom is -0.258 e. The van der Waals surface area contributed by atoms with Crippen molar-refractivity contribution in [1.29, 1.82) is 0 Å². The molecule has 0 amide bonds. The number of aromatic nitrogens is 3. The predicted octanol–water partition coefficient (Wildman–Crippen LogP) is 1.39. The molecule has 0 saturated carbocycles. The third kappa shape index (κ3) is 1.83. The van der Waals surface area contributed by atoms with Gasteiger partial charge in [-0.2, -0.15) is 5.10 Å². The van der Waals surface area contributed by atoms with Gasteiger partial charge >= 0.3 is 0 Å². The third-order valence-corrected chi connectivity index (χ3v) is 1.91. The normalized spacial score (nSPS) is 10.2. The Morgan fingerprint density at radius 2 is 2.27 bits per heavy atom. The molecule has 0 fully saturated rings. The molecule has 6 heteroatoms. The number of rotatable bonds is 2. The summed E-state index contributed by atoms with van der Waals surface area (Å²) in [5.41, 5.74) is 0.685. The number of hydrogen-bond acceptors (Lipinski definition) is 4. The Kier molecular flexibility index (Phi) is 2.17. The number of hydrogen-bond donors (Lipinski definition) is 0. The van der Waals surface area contributed by atoms with Crippen LogP contribution in [-0.4, -0.2) is 19.7 Å². The summed E-state index contributed by atoms with van der Waals surface area (Å²) in [6.45, 7) is 0. The van der Waals surface area contributed by atoms with Gasteiger partial charge in [-0.05, 0) is 0 Å². The molecule has 0 aliphatic heterocycles.